The van der Waals surface area contributed by atoms with E-state index in [2.05, 4.69) is 57.3 Å². The highest BCUT2D eigenvalue weighted by atomic mass is 16.7. The van der Waals surface area contributed by atoms with E-state index in [1.54, 1.807) is 0 Å². The smallest absolute Gasteiger partial charge is 0.399 e. The van der Waals surface area contributed by atoms with Gasteiger partial charge in [0.25, 0.3) is 0 Å². The van der Waals surface area contributed by atoms with Gasteiger partial charge in [-0.05, 0) is 58.1 Å². The maximum atomic E-state index is 6.08. The number of ether oxygens (including phenoxy) is 1. The van der Waals surface area contributed by atoms with Gasteiger partial charge in [0.05, 0.1) is 11.2 Å². The molecule has 0 aromatic heterocycles. The lowest BCUT2D eigenvalue weighted by Crippen LogP contribution is -2.41. The summed E-state index contributed by atoms with van der Waals surface area (Å²) in [6, 6.07) is 8.90. The lowest BCUT2D eigenvalue weighted by Gasteiger charge is -2.32. The van der Waals surface area contributed by atoms with Crippen molar-refractivity contribution in [1.29, 1.82) is 0 Å². The van der Waals surface area contributed by atoms with Crippen molar-refractivity contribution in [2.75, 3.05) is 18.5 Å². The number of hydrogen-bond donors (Lipinski definition) is 1. The molecule has 0 radical (unpaired) electrons. The second kappa shape index (κ2) is 5.87. The molecule has 0 unspecified atom stereocenters. The molecule has 3 rings (SSSR count). The van der Waals surface area contributed by atoms with Gasteiger partial charge in [0, 0.05) is 24.9 Å². The number of benzene rings is 1. The summed E-state index contributed by atoms with van der Waals surface area (Å²) in [5.74, 6) is 0. The molecule has 2 heterocycles. The van der Waals surface area contributed by atoms with E-state index in [1.807, 2.05) is 0 Å². The van der Waals surface area contributed by atoms with Crippen LogP contribution in [0, 0.1) is 0 Å². The lowest BCUT2D eigenvalue weighted by atomic mass is 9.79. The minimum absolute atomic E-state index is 0.290. The highest BCUT2D eigenvalue weighted by molar-refractivity contribution is 6.62. The summed E-state index contributed by atoms with van der Waals surface area (Å²) in [6.07, 6.45) is 2.14. The van der Waals surface area contributed by atoms with Gasteiger partial charge in [-0.1, -0.05) is 12.1 Å². The van der Waals surface area contributed by atoms with Crippen LogP contribution in [-0.2, 0) is 14.0 Å². The average Bonchev–Trinajstić information content (AvgIpc) is 2.69. The van der Waals surface area contributed by atoms with Crippen molar-refractivity contribution < 1.29 is 14.0 Å². The van der Waals surface area contributed by atoms with Gasteiger partial charge in [-0.15, -0.1) is 0 Å². The minimum atomic E-state index is -0.295. The zero-order valence-corrected chi connectivity index (χ0v) is 14.0. The van der Waals surface area contributed by atoms with Crippen molar-refractivity contribution >= 4 is 18.3 Å². The molecule has 0 spiro atoms. The van der Waals surface area contributed by atoms with Crippen LogP contribution in [0.1, 0.15) is 40.5 Å². The monoisotopic (exact) mass is 303 g/mol. The first-order valence-corrected chi connectivity index (χ1v) is 8.17. The highest BCUT2D eigenvalue weighted by Crippen LogP contribution is 2.36. The highest BCUT2D eigenvalue weighted by Gasteiger charge is 2.51. The molecule has 22 heavy (non-hydrogen) atoms. The fourth-order valence-electron chi connectivity index (χ4n) is 2.79. The molecule has 0 saturated carbocycles. The topological polar surface area (TPSA) is 39.7 Å². The first kappa shape index (κ1) is 15.8. The van der Waals surface area contributed by atoms with Crippen LogP contribution in [0.3, 0.4) is 0 Å². The van der Waals surface area contributed by atoms with Crippen molar-refractivity contribution in [3.63, 3.8) is 0 Å². The number of rotatable bonds is 3. The van der Waals surface area contributed by atoms with Crippen LogP contribution in [0.2, 0.25) is 0 Å². The predicted octanol–water partition coefficient (Wildman–Crippen LogP) is 2.58. The Hall–Kier alpha value is -1.04. The van der Waals surface area contributed by atoms with E-state index >= 15 is 0 Å². The van der Waals surface area contributed by atoms with Crippen LogP contribution in [0.4, 0.5) is 5.69 Å². The average molecular weight is 303 g/mol. The Morgan fingerprint density at radius 2 is 1.50 bits per heavy atom. The van der Waals surface area contributed by atoms with Crippen molar-refractivity contribution in [3.8, 4) is 0 Å². The van der Waals surface area contributed by atoms with Gasteiger partial charge < -0.3 is 19.4 Å². The molecule has 2 aliphatic rings. The van der Waals surface area contributed by atoms with Crippen molar-refractivity contribution in [2.24, 2.45) is 0 Å². The minimum Gasteiger partial charge on any atom is -0.399 e. The maximum absolute atomic E-state index is 6.08. The third-order valence-corrected chi connectivity index (χ3v) is 5.03. The Balaban J connectivity index is 1.65. The third-order valence-electron chi connectivity index (χ3n) is 5.03. The van der Waals surface area contributed by atoms with E-state index in [1.165, 1.54) is 0 Å². The quantitative estimate of drug-likeness (QED) is 0.871. The molecule has 4 nitrogen and oxygen atoms in total. The first-order valence-electron chi connectivity index (χ1n) is 8.17. The maximum Gasteiger partial charge on any atom is 0.494 e. The largest absolute Gasteiger partial charge is 0.494 e. The molecule has 2 aliphatic heterocycles. The zero-order valence-electron chi connectivity index (χ0n) is 14.0. The molecular weight excluding hydrogens is 277 g/mol. The van der Waals surface area contributed by atoms with E-state index < -0.39 is 0 Å². The Kier molecular flexibility index (Phi) is 4.23. The Morgan fingerprint density at radius 1 is 0.955 bits per heavy atom. The molecule has 1 aromatic rings. The molecule has 2 saturated heterocycles. The Morgan fingerprint density at radius 3 is 2.05 bits per heavy atom. The lowest BCUT2D eigenvalue weighted by molar-refractivity contribution is 0.00578. The molecule has 1 N–H and O–H groups in total. The number of anilines is 1. The normalized spacial score (nSPS) is 24.5. The van der Waals surface area contributed by atoms with Gasteiger partial charge in [-0.3, -0.25) is 0 Å². The second-order valence-corrected chi connectivity index (χ2v) is 7.24. The molecular formula is C17H26BNO3. The summed E-state index contributed by atoms with van der Waals surface area (Å²) in [6.45, 7) is 10.0. The van der Waals surface area contributed by atoms with Crippen LogP contribution >= 0.6 is 0 Å². The SMILES string of the molecule is CC1(C)OB(c2ccc(NC3CCOCC3)cc2)OC1(C)C. The van der Waals surface area contributed by atoms with E-state index in [0.717, 1.165) is 37.2 Å². The fourth-order valence-corrected chi connectivity index (χ4v) is 2.79. The van der Waals surface area contributed by atoms with Gasteiger partial charge in [0.2, 0.25) is 0 Å². The molecule has 0 amide bonds. The summed E-state index contributed by atoms with van der Waals surface area (Å²) in [7, 11) is -0.290. The molecule has 2 fully saturated rings. The fraction of sp³-hybridized carbons (Fsp3) is 0.647. The van der Waals surface area contributed by atoms with Crippen LogP contribution < -0.4 is 10.8 Å². The van der Waals surface area contributed by atoms with Crippen molar-refractivity contribution in [2.45, 2.75) is 57.8 Å². The first-order chi connectivity index (χ1) is 10.4. The summed E-state index contributed by atoms with van der Waals surface area (Å²) < 4.78 is 17.6. The molecule has 0 aliphatic carbocycles. The molecule has 5 heteroatoms. The standard InChI is InChI=1S/C17H26BNO3/c1-16(2)17(3,4)22-18(21-16)13-5-7-14(8-6-13)19-15-9-11-20-12-10-15/h5-8,15,19H,9-12H2,1-4H3. The van der Waals surface area contributed by atoms with Gasteiger partial charge in [0.1, 0.15) is 0 Å². The number of hydrogen-bond acceptors (Lipinski definition) is 4. The van der Waals surface area contributed by atoms with E-state index in [4.69, 9.17) is 14.0 Å². The van der Waals surface area contributed by atoms with Gasteiger partial charge >= 0.3 is 7.12 Å². The molecule has 0 atom stereocenters. The second-order valence-electron chi connectivity index (χ2n) is 7.24. The zero-order chi connectivity index (χ0) is 15.8. The van der Waals surface area contributed by atoms with Crippen LogP contribution in [0.15, 0.2) is 24.3 Å². The third kappa shape index (κ3) is 3.17. The number of nitrogens with one attached hydrogen (secondary N) is 1. The molecule has 120 valence electrons. The van der Waals surface area contributed by atoms with Crippen LogP contribution in [0.25, 0.3) is 0 Å². The predicted molar refractivity (Wildman–Crippen MR) is 89.6 cm³/mol. The van der Waals surface area contributed by atoms with Gasteiger partial charge in [-0.2, -0.15) is 0 Å². The van der Waals surface area contributed by atoms with E-state index in [-0.39, 0.29) is 18.3 Å². The van der Waals surface area contributed by atoms with E-state index in [0.29, 0.717) is 6.04 Å². The summed E-state index contributed by atoms with van der Waals surface area (Å²) in [5.41, 5.74) is 1.62. The van der Waals surface area contributed by atoms with Crippen LogP contribution in [-0.4, -0.2) is 37.6 Å². The van der Waals surface area contributed by atoms with Crippen molar-refractivity contribution in [3.05, 3.63) is 24.3 Å². The summed E-state index contributed by atoms with van der Waals surface area (Å²) in [5, 5.41) is 3.57. The summed E-state index contributed by atoms with van der Waals surface area (Å²) in [4.78, 5) is 0. The van der Waals surface area contributed by atoms with Gasteiger partial charge in [-0.25, -0.2) is 0 Å². The van der Waals surface area contributed by atoms with Crippen molar-refractivity contribution in [1.82, 2.24) is 0 Å². The molecule has 1 aromatic carbocycles. The Labute approximate surface area is 133 Å². The van der Waals surface area contributed by atoms with E-state index in [9.17, 15) is 0 Å². The Bertz CT molecular complexity index is 493. The van der Waals surface area contributed by atoms with Gasteiger partial charge in [0.15, 0.2) is 0 Å². The molecule has 0 bridgehead atoms. The summed E-state index contributed by atoms with van der Waals surface area (Å²) >= 11 is 0. The van der Waals surface area contributed by atoms with Crippen LogP contribution in [0.5, 0.6) is 0 Å².